The van der Waals surface area contributed by atoms with E-state index in [1.807, 2.05) is 0 Å². The average Bonchev–Trinajstić information content (AvgIpc) is 3.62. The van der Waals surface area contributed by atoms with Crippen molar-refractivity contribution in [2.75, 3.05) is 10.6 Å². The molecule has 2 fully saturated rings. The highest BCUT2D eigenvalue weighted by molar-refractivity contribution is 7.09. The SMILES string of the molecule is Nc1c(C(=O)NC2CCCCC2)nsc1C(=O)N(c1ccc(Cl)cc1)C(C(=O)NC1CCCC1)c1ccncc1. The van der Waals surface area contributed by atoms with Crippen molar-refractivity contribution in [3.8, 4) is 0 Å². The van der Waals surface area contributed by atoms with Crippen LogP contribution in [0.2, 0.25) is 5.02 Å². The lowest BCUT2D eigenvalue weighted by Gasteiger charge is -2.32. The van der Waals surface area contributed by atoms with Gasteiger partial charge in [0.05, 0.1) is 5.69 Å². The van der Waals surface area contributed by atoms with Crippen LogP contribution in [0.1, 0.15) is 89.6 Å². The normalized spacial score (nSPS) is 16.8. The third-order valence-electron chi connectivity index (χ3n) is 7.63. The van der Waals surface area contributed by atoms with Crippen molar-refractivity contribution in [1.82, 2.24) is 20.0 Å². The smallest absolute Gasteiger partial charge is 0.273 e. The number of aromatic nitrogens is 2. The topological polar surface area (TPSA) is 130 Å². The van der Waals surface area contributed by atoms with Crippen LogP contribution in [-0.2, 0) is 4.79 Å². The molecular formula is C29H33ClN6O3S. The molecule has 2 aliphatic rings. The van der Waals surface area contributed by atoms with Crippen LogP contribution in [-0.4, -0.2) is 39.2 Å². The van der Waals surface area contributed by atoms with Crippen molar-refractivity contribution in [1.29, 1.82) is 0 Å². The predicted molar refractivity (Wildman–Crippen MR) is 157 cm³/mol. The molecule has 1 unspecified atom stereocenters. The zero-order chi connectivity index (χ0) is 28.1. The van der Waals surface area contributed by atoms with Gasteiger partial charge in [-0.15, -0.1) is 0 Å². The number of nitrogen functional groups attached to an aromatic ring is 1. The second-order valence-corrected chi connectivity index (χ2v) is 11.6. The summed E-state index contributed by atoms with van der Waals surface area (Å²) < 4.78 is 4.28. The largest absolute Gasteiger partial charge is 0.395 e. The van der Waals surface area contributed by atoms with Gasteiger partial charge in [-0.2, -0.15) is 4.37 Å². The Morgan fingerprint density at radius 2 is 1.50 bits per heavy atom. The maximum atomic E-state index is 14.3. The highest BCUT2D eigenvalue weighted by atomic mass is 35.5. The fraction of sp³-hybridized carbons (Fsp3) is 0.414. The number of nitrogens with one attached hydrogen (secondary N) is 2. The van der Waals surface area contributed by atoms with Gasteiger partial charge in [0.2, 0.25) is 5.91 Å². The molecule has 3 aromatic rings. The first-order chi connectivity index (χ1) is 19.4. The van der Waals surface area contributed by atoms with Gasteiger partial charge >= 0.3 is 0 Å². The molecule has 4 N–H and O–H groups in total. The third kappa shape index (κ3) is 6.28. The Balaban J connectivity index is 1.51. The van der Waals surface area contributed by atoms with Gasteiger partial charge in [0.15, 0.2) is 5.69 Å². The second kappa shape index (κ2) is 12.8. The van der Waals surface area contributed by atoms with E-state index >= 15 is 0 Å². The Kier molecular flexibility index (Phi) is 8.96. The number of hydrogen-bond acceptors (Lipinski definition) is 7. The molecule has 3 amide bonds. The zero-order valence-electron chi connectivity index (χ0n) is 22.1. The van der Waals surface area contributed by atoms with Crippen molar-refractivity contribution in [2.45, 2.75) is 75.9 Å². The first kappa shape index (κ1) is 28.0. The van der Waals surface area contributed by atoms with Crippen LogP contribution in [0.3, 0.4) is 0 Å². The molecule has 0 radical (unpaired) electrons. The third-order valence-corrected chi connectivity index (χ3v) is 8.73. The molecule has 0 spiro atoms. The predicted octanol–water partition coefficient (Wildman–Crippen LogP) is 5.28. The standard InChI is InChI=1S/C29H33ClN6O3S/c30-19-10-12-22(13-11-19)36(25(18-14-16-32-17-15-18)28(38)34-21-8-4-5-9-21)29(39)26-23(31)24(35-40-26)27(37)33-20-6-2-1-3-7-20/h10-17,20-21,25H,1-9,31H2,(H,33,37)(H,34,38). The average molecular weight is 581 g/mol. The number of carbonyl (C=O) groups excluding carboxylic acids is 3. The molecule has 2 saturated carbocycles. The molecule has 2 aliphatic carbocycles. The molecule has 1 aromatic carbocycles. The van der Waals surface area contributed by atoms with Crippen LogP contribution in [0, 0.1) is 0 Å². The van der Waals surface area contributed by atoms with Gasteiger partial charge < -0.3 is 16.4 Å². The van der Waals surface area contributed by atoms with Crippen LogP contribution in [0.5, 0.6) is 0 Å². The van der Waals surface area contributed by atoms with E-state index in [1.54, 1.807) is 48.8 Å². The van der Waals surface area contributed by atoms with E-state index in [0.717, 1.165) is 69.3 Å². The quantitative estimate of drug-likeness (QED) is 0.332. The molecule has 0 saturated heterocycles. The fourth-order valence-corrected chi connectivity index (χ4v) is 6.39. The highest BCUT2D eigenvalue weighted by Crippen LogP contribution is 2.34. The minimum absolute atomic E-state index is 0.00644. The van der Waals surface area contributed by atoms with E-state index in [-0.39, 0.29) is 40.2 Å². The molecule has 2 aromatic heterocycles. The van der Waals surface area contributed by atoms with E-state index in [1.165, 1.54) is 4.90 Å². The van der Waals surface area contributed by atoms with E-state index < -0.39 is 11.9 Å². The summed E-state index contributed by atoms with van der Waals surface area (Å²) >= 11 is 7.03. The summed E-state index contributed by atoms with van der Waals surface area (Å²) in [5.74, 6) is -1.22. The second-order valence-electron chi connectivity index (χ2n) is 10.4. The number of amides is 3. The van der Waals surface area contributed by atoms with Crippen molar-refractivity contribution in [3.63, 3.8) is 0 Å². The Morgan fingerprint density at radius 3 is 2.15 bits per heavy atom. The number of benzene rings is 1. The Morgan fingerprint density at radius 1 is 0.900 bits per heavy atom. The van der Waals surface area contributed by atoms with Crippen molar-refractivity contribution in [3.05, 3.63) is 69.9 Å². The molecule has 0 aliphatic heterocycles. The molecule has 40 heavy (non-hydrogen) atoms. The van der Waals surface area contributed by atoms with Gasteiger partial charge in [0.25, 0.3) is 11.8 Å². The fourth-order valence-electron chi connectivity index (χ4n) is 5.52. The number of rotatable bonds is 8. The molecule has 210 valence electrons. The van der Waals surface area contributed by atoms with Crippen LogP contribution >= 0.6 is 23.1 Å². The first-order valence-electron chi connectivity index (χ1n) is 13.8. The van der Waals surface area contributed by atoms with E-state index in [4.69, 9.17) is 17.3 Å². The summed E-state index contributed by atoms with van der Waals surface area (Å²) in [6.45, 7) is 0. The molecule has 2 heterocycles. The van der Waals surface area contributed by atoms with Gasteiger partial charge in [-0.25, -0.2) is 0 Å². The molecule has 1 atom stereocenters. The summed E-state index contributed by atoms with van der Waals surface area (Å²) in [7, 11) is 0. The summed E-state index contributed by atoms with van der Waals surface area (Å²) in [5.41, 5.74) is 7.49. The number of nitrogens with zero attached hydrogens (tertiary/aromatic N) is 3. The maximum absolute atomic E-state index is 14.3. The number of hydrogen-bond donors (Lipinski definition) is 3. The van der Waals surface area contributed by atoms with Crippen molar-refractivity contribution >= 4 is 52.2 Å². The van der Waals surface area contributed by atoms with Crippen LogP contribution < -0.4 is 21.3 Å². The molecule has 0 bridgehead atoms. The minimum Gasteiger partial charge on any atom is -0.395 e. The van der Waals surface area contributed by atoms with Gasteiger partial charge in [0.1, 0.15) is 10.9 Å². The highest BCUT2D eigenvalue weighted by Gasteiger charge is 2.37. The van der Waals surface area contributed by atoms with E-state index in [9.17, 15) is 14.4 Å². The number of carbonyl (C=O) groups is 3. The molecule has 5 rings (SSSR count). The summed E-state index contributed by atoms with van der Waals surface area (Å²) in [6.07, 6.45) is 12.2. The minimum atomic E-state index is -1.02. The van der Waals surface area contributed by atoms with Crippen LogP contribution in [0.15, 0.2) is 48.8 Å². The zero-order valence-corrected chi connectivity index (χ0v) is 23.7. The number of halogens is 1. The molecule has 9 nitrogen and oxygen atoms in total. The van der Waals surface area contributed by atoms with Crippen LogP contribution in [0.25, 0.3) is 0 Å². The summed E-state index contributed by atoms with van der Waals surface area (Å²) in [6, 6.07) is 9.23. The summed E-state index contributed by atoms with van der Waals surface area (Å²) in [4.78, 5) is 46.8. The van der Waals surface area contributed by atoms with Gasteiger partial charge in [0, 0.05) is 35.2 Å². The maximum Gasteiger partial charge on any atom is 0.273 e. The van der Waals surface area contributed by atoms with E-state index in [2.05, 4.69) is 20.0 Å². The molecular weight excluding hydrogens is 548 g/mol. The lowest BCUT2D eigenvalue weighted by Crippen LogP contribution is -2.46. The Labute approximate surface area is 242 Å². The Hall–Kier alpha value is -3.50. The monoisotopic (exact) mass is 580 g/mol. The van der Waals surface area contributed by atoms with Gasteiger partial charge in [-0.05, 0) is 79.2 Å². The van der Waals surface area contributed by atoms with Gasteiger partial charge in [-0.3, -0.25) is 24.3 Å². The van der Waals surface area contributed by atoms with Crippen LogP contribution in [0.4, 0.5) is 11.4 Å². The number of nitrogens with two attached hydrogens (primary N) is 1. The lowest BCUT2D eigenvalue weighted by atomic mass is 9.95. The molecule has 11 heteroatoms. The Bertz CT molecular complexity index is 1340. The van der Waals surface area contributed by atoms with Crippen molar-refractivity contribution < 1.29 is 14.4 Å². The number of anilines is 2. The number of pyridine rings is 1. The lowest BCUT2D eigenvalue weighted by molar-refractivity contribution is -0.123. The van der Waals surface area contributed by atoms with E-state index in [0.29, 0.717) is 16.3 Å². The summed E-state index contributed by atoms with van der Waals surface area (Å²) in [5, 5.41) is 6.65. The van der Waals surface area contributed by atoms with Crippen molar-refractivity contribution in [2.24, 2.45) is 0 Å². The first-order valence-corrected chi connectivity index (χ1v) is 14.9. The van der Waals surface area contributed by atoms with Gasteiger partial charge in [-0.1, -0.05) is 43.7 Å².